The summed E-state index contributed by atoms with van der Waals surface area (Å²) in [5, 5.41) is -0.291. The molecule has 0 saturated carbocycles. The van der Waals surface area contributed by atoms with Gasteiger partial charge in [-0.25, -0.2) is 14.4 Å². The third-order valence-electron chi connectivity index (χ3n) is 2.95. The fraction of sp³-hybridized carbons (Fsp3) is 0.143. The maximum absolute atomic E-state index is 13.3. The van der Waals surface area contributed by atoms with Crippen LogP contribution in [-0.4, -0.2) is 14.5 Å². The van der Waals surface area contributed by atoms with Crippen molar-refractivity contribution in [1.29, 1.82) is 0 Å². The Hall–Kier alpha value is -1.46. The Balaban J connectivity index is 2.36. The number of halogens is 3. The molecule has 0 N–H and O–H groups in total. The van der Waals surface area contributed by atoms with Gasteiger partial charge in [0.1, 0.15) is 17.2 Å². The Morgan fingerprint density at radius 3 is 2.85 bits per heavy atom. The summed E-state index contributed by atoms with van der Waals surface area (Å²) in [6.45, 7) is 1.84. The van der Waals surface area contributed by atoms with E-state index in [4.69, 9.17) is 11.6 Å². The van der Waals surface area contributed by atoms with Gasteiger partial charge in [-0.15, -0.1) is 11.6 Å². The van der Waals surface area contributed by atoms with Crippen molar-refractivity contribution >= 4 is 38.7 Å². The lowest BCUT2D eigenvalue weighted by Crippen LogP contribution is -2.03. The fourth-order valence-electron chi connectivity index (χ4n) is 2.10. The topological polar surface area (TPSA) is 30.7 Å². The van der Waals surface area contributed by atoms with Crippen LogP contribution in [-0.2, 0) is 0 Å². The van der Waals surface area contributed by atoms with Crippen molar-refractivity contribution in [2.24, 2.45) is 0 Å². The van der Waals surface area contributed by atoms with Crippen LogP contribution in [0.1, 0.15) is 18.1 Å². The number of pyridine rings is 1. The fourth-order valence-corrected chi connectivity index (χ4v) is 2.77. The normalized spacial score (nSPS) is 12.8. The highest BCUT2D eigenvalue weighted by Crippen LogP contribution is 2.30. The standard InChI is InChI=1S/C14H10BrClFN3/c1-8(16)13-19-11-3-2-6-18-14(11)20(13)12-5-4-9(17)7-10(12)15/h2-8H,1H3. The Morgan fingerprint density at radius 2 is 2.15 bits per heavy atom. The molecule has 20 heavy (non-hydrogen) atoms. The number of rotatable bonds is 2. The van der Waals surface area contributed by atoms with Crippen molar-refractivity contribution in [3.63, 3.8) is 0 Å². The number of imidazole rings is 1. The van der Waals surface area contributed by atoms with Crippen molar-refractivity contribution in [3.8, 4) is 5.69 Å². The largest absolute Gasteiger partial charge is 0.278 e. The van der Waals surface area contributed by atoms with Crippen molar-refractivity contribution in [2.75, 3.05) is 0 Å². The van der Waals surface area contributed by atoms with Gasteiger partial charge >= 0.3 is 0 Å². The molecule has 3 rings (SSSR count). The maximum Gasteiger partial charge on any atom is 0.164 e. The number of hydrogen-bond donors (Lipinski definition) is 0. The molecule has 0 aliphatic heterocycles. The zero-order valence-corrected chi connectivity index (χ0v) is 12.9. The lowest BCUT2D eigenvalue weighted by molar-refractivity contribution is 0.626. The molecule has 0 bridgehead atoms. The monoisotopic (exact) mass is 353 g/mol. The van der Waals surface area contributed by atoms with Gasteiger partial charge in [-0.1, -0.05) is 0 Å². The summed E-state index contributed by atoms with van der Waals surface area (Å²) in [7, 11) is 0. The van der Waals surface area contributed by atoms with Gasteiger partial charge in [0.2, 0.25) is 0 Å². The Labute approximate surface area is 128 Å². The van der Waals surface area contributed by atoms with Crippen molar-refractivity contribution in [1.82, 2.24) is 14.5 Å². The molecule has 0 fully saturated rings. The average molecular weight is 355 g/mol. The first-order chi connectivity index (χ1) is 9.58. The van der Waals surface area contributed by atoms with Crippen LogP contribution in [0.2, 0.25) is 0 Å². The Kier molecular flexibility index (Phi) is 3.48. The zero-order valence-electron chi connectivity index (χ0n) is 10.5. The summed E-state index contributed by atoms with van der Waals surface area (Å²) in [5.74, 6) is 0.367. The minimum absolute atomic E-state index is 0.291. The highest BCUT2D eigenvalue weighted by Gasteiger charge is 2.18. The predicted octanol–water partition coefficient (Wildman–Crippen LogP) is 4.62. The summed E-state index contributed by atoms with van der Waals surface area (Å²) in [4.78, 5) is 8.86. The molecule has 102 valence electrons. The number of alkyl halides is 1. The first-order valence-electron chi connectivity index (χ1n) is 6.01. The predicted molar refractivity (Wildman–Crippen MR) is 80.8 cm³/mol. The van der Waals surface area contributed by atoms with Gasteiger partial charge in [0, 0.05) is 10.7 Å². The van der Waals surface area contributed by atoms with Crippen LogP contribution in [0, 0.1) is 5.82 Å². The van der Waals surface area contributed by atoms with Crippen LogP contribution in [0.15, 0.2) is 41.0 Å². The van der Waals surface area contributed by atoms with E-state index < -0.39 is 0 Å². The van der Waals surface area contributed by atoms with Gasteiger partial charge < -0.3 is 0 Å². The van der Waals surface area contributed by atoms with E-state index in [9.17, 15) is 4.39 Å². The average Bonchev–Trinajstić information content (AvgIpc) is 2.78. The van der Waals surface area contributed by atoms with Gasteiger partial charge in [-0.3, -0.25) is 4.57 Å². The maximum atomic E-state index is 13.3. The van der Waals surface area contributed by atoms with Gasteiger partial charge in [0.05, 0.1) is 11.1 Å². The quantitative estimate of drug-likeness (QED) is 0.629. The first-order valence-corrected chi connectivity index (χ1v) is 7.23. The van der Waals surface area contributed by atoms with Crippen LogP contribution in [0.25, 0.3) is 16.9 Å². The molecule has 0 radical (unpaired) electrons. The van der Waals surface area contributed by atoms with E-state index in [1.807, 2.05) is 23.6 Å². The number of fused-ring (bicyclic) bond motifs is 1. The van der Waals surface area contributed by atoms with E-state index in [-0.39, 0.29) is 11.2 Å². The van der Waals surface area contributed by atoms with E-state index in [0.717, 1.165) is 11.2 Å². The van der Waals surface area contributed by atoms with Gasteiger partial charge in [0.25, 0.3) is 0 Å². The van der Waals surface area contributed by atoms with Crippen molar-refractivity contribution in [2.45, 2.75) is 12.3 Å². The molecule has 1 aromatic carbocycles. The van der Waals surface area contributed by atoms with E-state index >= 15 is 0 Å². The third-order valence-corrected chi connectivity index (χ3v) is 3.78. The Bertz CT molecular complexity index is 785. The van der Waals surface area contributed by atoms with Crippen LogP contribution in [0.3, 0.4) is 0 Å². The molecule has 0 aliphatic rings. The molecule has 0 amide bonds. The van der Waals surface area contributed by atoms with Crippen LogP contribution >= 0.6 is 27.5 Å². The lowest BCUT2D eigenvalue weighted by atomic mass is 10.3. The van der Waals surface area contributed by atoms with Crippen molar-refractivity contribution < 1.29 is 4.39 Å². The molecule has 0 spiro atoms. The van der Waals surface area contributed by atoms with Crippen LogP contribution < -0.4 is 0 Å². The molecule has 1 atom stereocenters. The van der Waals surface area contributed by atoms with E-state index in [0.29, 0.717) is 15.9 Å². The Morgan fingerprint density at radius 1 is 1.35 bits per heavy atom. The van der Waals surface area contributed by atoms with E-state index in [1.54, 1.807) is 12.3 Å². The molecular weight excluding hydrogens is 345 g/mol. The summed E-state index contributed by atoms with van der Waals surface area (Å²) in [6.07, 6.45) is 1.70. The van der Waals surface area contributed by atoms with E-state index in [2.05, 4.69) is 25.9 Å². The first kappa shape index (κ1) is 13.5. The summed E-state index contributed by atoms with van der Waals surface area (Å²) in [6, 6.07) is 8.18. The van der Waals surface area contributed by atoms with Crippen LogP contribution in [0.4, 0.5) is 4.39 Å². The number of benzene rings is 1. The molecule has 2 aromatic heterocycles. The number of nitrogens with zero attached hydrogens (tertiary/aromatic N) is 3. The van der Waals surface area contributed by atoms with Gasteiger partial charge in [-0.2, -0.15) is 0 Å². The third kappa shape index (κ3) is 2.21. The molecule has 2 heterocycles. The van der Waals surface area contributed by atoms with E-state index in [1.165, 1.54) is 12.1 Å². The summed E-state index contributed by atoms with van der Waals surface area (Å²) >= 11 is 9.59. The second kappa shape index (κ2) is 5.14. The molecule has 0 aliphatic carbocycles. The highest BCUT2D eigenvalue weighted by atomic mass is 79.9. The number of hydrogen-bond acceptors (Lipinski definition) is 2. The molecule has 3 nitrogen and oxygen atoms in total. The molecule has 1 unspecified atom stereocenters. The number of aromatic nitrogens is 3. The van der Waals surface area contributed by atoms with Crippen LogP contribution in [0.5, 0.6) is 0 Å². The highest BCUT2D eigenvalue weighted by molar-refractivity contribution is 9.10. The molecule has 6 heteroatoms. The zero-order chi connectivity index (χ0) is 14.3. The second-order valence-electron chi connectivity index (χ2n) is 4.36. The molecule has 3 aromatic rings. The SMILES string of the molecule is CC(Cl)c1nc2cccnc2n1-c1ccc(F)cc1Br. The summed E-state index contributed by atoms with van der Waals surface area (Å²) in [5.41, 5.74) is 2.21. The molecular formula is C14H10BrClFN3. The minimum atomic E-state index is -0.307. The second-order valence-corrected chi connectivity index (χ2v) is 5.87. The lowest BCUT2D eigenvalue weighted by Gasteiger charge is -2.11. The van der Waals surface area contributed by atoms with Gasteiger partial charge in [-0.05, 0) is 53.2 Å². The summed E-state index contributed by atoms with van der Waals surface area (Å²) < 4.78 is 15.7. The van der Waals surface area contributed by atoms with Crippen molar-refractivity contribution in [3.05, 3.63) is 52.6 Å². The smallest absolute Gasteiger partial charge is 0.164 e. The molecule has 0 saturated heterocycles. The van der Waals surface area contributed by atoms with Gasteiger partial charge in [0.15, 0.2) is 5.65 Å². The minimum Gasteiger partial charge on any atom is -0.278 e.